The quantitative estimate of drug-likeness (QED) is 0.773. The first-order chi connectivity index (χ1) is 9.93. The lowest BCUT2D eigenvalue weighted by atomic mass is 9.96. The molecule has 0 spiro atoms. The molecule has 1 atom stereocenters. The number of nitrogens with zero attached hydrogens (tertiary/aromatic N) is 1. The smallest absolute Gasteiger partial charge is 0.0124 e. The summed E-state index contributed by atoms with van der Waals surface area (Å²) >= 11 is 1.87. The lowest BCUT2D eigenvalue weighted by Crippen LogP contribution is -2.39. The second-order valence-corrected chi connectivity index (χ2v) is 7.40. The summed E-state index contributed by atoms with van der Waals surface area (Å²) in [5, 5.41) is 5.80. The van der Waals surface area contributed by atoms with Gasteiger partial charge >= 0.3 is 0 Å². The van der Waals surface area contributed by atoms with Crippen molar-refractivity contribution in [1.82, 2.24) is 10.2 Å². The van der Waals surface area contributed by atoms with E-state index in [2.05, 4.69) is 27.7 Å². The molecule has 1 aliphatic heterocycles. The summed E-state index contributed by atoms with van der Waals surface area (Å²) in [5.41, 5.74) is 0. The molecule has 2 nitrogen and oxygen atoms in total. The first-order valence-electron chi connectivity index (χ1n) is 8.40. The Balaban J connectivity index is 1.33. The zero-order valence-corrected chi connectivity index (χ0v) is 13.3. The van der Waals surface area contributed by atoms with Gasteiger partial charge in [-0.3, -0.25) is 4.90 Å². The molecule has 0 radical (unpaired) electrons. The molecule has 20 heavy (non-hydrogen) atoms. The van der Waals surface area contributed by atoms with Gasteiger partial charge in [0.2, 0.25) is 0 Å². The van der Waals surface area contributed by atoms with Crippen molar-refractivity contribution in [1.29, 1.82) is 0 Å². The lowest BCUT2D eigenvalue weighted by Gasteiger charge is -2.29. The van der Waals surface area contributed by atoms with E-state index < -0.39 is 0 Å². The van der Waals surface area contributed by atoms with E-state index in [-0.39, 0.29) is 0 Å². The molecule has 2 heterocycles. The van der Waals surface area contributed by atoms with Crippen LogP contribution in [0.25, 0.3) is 0 Å². The zero-order chi connectivity index (χ0) is 13.6. The van der Waals surface area contributed by atoms with E-state index in [4.69, 9.17) is 0 Å². The fourth-order valence-electron chi connectivity index (χ4n) is 4.02. The van der Waals surface area contributed by atoms with Crippen molar-refractivity contribution in [3.63, 3.8) is 0 Å². The van der Waals surface area contributed by atoms with Gasteiger partial charge in [-0.1, -0.05) is 18.9 Å². The Morgan fingerprint density at radius 2 is 2.05 bits per heavy atom. The van der Waals surface area contributed by atoms with Crippen LogP contribution >= 0.6 is 11.3 Å². The Kier molecular flexibility index (Phi) is 5.51. The number of likely N-dealkylation sites (tertiary alicyclic amines) is 1. The van der Waals surface area contributed by atoms with Gasteiger partial charge in [-0.15, -0.1) is 11.3 Å². The predicted octanol–water partition coefficient (Wildman–Crippen LogP) is 3.53. The summed E-state index contributed by atoms with van der Waals surface area (Å²) < 4.78 is 0. The Morgan fingerprint density at radius 1 is 1.15 bits per heavy atom. The van der Waals surface area contributed by atoms with Gasteiger partial charge in [0.05, 0.1) is 0 Å². The lowest BCUT2D eigenvalue weighted by molar-refractivity contribution is 0.191. The van der Waals surface area contributed by atoms with Crippen molar-refractivity contribution >= 4 is 11.3 Å². The molecule has 1 N–H and O–H groups in total. The average Bonchev–Trinajstić information content (AvgIpc) is 3.20. The molecule has 3 rings (SSSR count). The molecule has 1 saturated carbocycles. The summed E-state index contributed by atoms with van der Waals surface area (Å²) in [6, 6.07) is 5.30. The third-order valence-corrected chi connectivity index (χ3v) is 6.00. The summed E-state index contributed by atoms with van der Waals surface area (Å²) in [4.78, 5) is 4.27. The summed E-state index contributed by atoms with van der Waals surface area (Å²) in [6.45, 7) is 4.89. The molecule has 0 amide bonds. The van der Waals surface area contributed by atoms with Crippen molar-refractivity contribution < 1.29 is 0 Å². The molecular weight excluding hydrogens is 264 g/mol. The fourth-order valence-corrected chi connectivity index (χ4v) is 4.73. The van der Waals surface area contributed by atoms with Crippen LogP contribution in [0.15, 0.2) is 17.5 Å². The first kappa shape index (κ1) is 14.6. The second-order valence-electron chi connectivity index (χ2n) is 6.37. The molecule has 112 valence electrons. The van der Waals surface area contributed by atoms with E-state index >= 15 is 0 Å². The maximum Gasteiger partial charge on any atom is 0.0124 e. The molecule has 0 aromatic carbocycles. The zero-order valence-electron chi connectivity index (χ0n) is 12.5. The molecule has 1 aromatic heterocycles. The van der Waals surface area contributed by atoms with Crippen LogP contribution in [0.4, 0.5) is 0 Å². The molecule has 1 saturated heterocycles. The van der Waals surface area contributed by atoms with Crippen molar-refractivity contribution in [2.45, 2.75) is 51.0 Å². The molecule has 3 heteroatoms. The Hall–Kier alpha value is -0.380. The van der Waals surface area contributed by atoms with Crippen molar-refractivity contribution in [3.05, 3.63) is 22.4 Å². The number of hydrogen-bond acceptors (Lipinski definition) is 3. The third kappa shape index (κ3) is 3.84. The largest absolute Gasteiger partial charge is 0.315 e. The van der Waals surface area contributed by atoms with Crippen LogP contribution < -0.4 is 5.32 Å². The van der Waals surface area contributed by atoms with Crippen LogP contribution in [-0.4, -0.2) is 37.1 Å². The highest BCUT2D eigenvalue weighted by atomic mass is 32.1. The van der Waals surface area contributed by atoms with Crippen molar-refractivity contribution in [2.75, 3.05) is 26.2 Å². The molecular formula is C17H28N2S. The standard InChI is InChI=1S/C17H28N2S/c1-2-6-15(5-1)17-8-3-12-19(17)13-11-18-10-9-16-7-4-14-20-16/h4,7,14-15,17-18H,1-3,5-6,8-13H2. The molecule has 1 aliphatic carbocycles. The monoisotopic (exact) mass is 292 g/mol. The van der Waals surface area contributed by atoms with Gasteiger partial charge in [0.15, 0.2) is 0 Å². The van der Waals surface area contributed by atoms with E-state index in [0.29, 0.717) is 0 Å². The van der Waals surface area contributed by atoms with E-state index in [1.165, 1.54) is 62.9 Å². The average molecular weight is 292 g/mol. The maximum atomic E-state index is 3.63. The SMILES string of the molecule is c1csc(CCNCCN2CCCC2C2CCCC2)c1. The molecule has 2 fully saturated rings. The minimum absolute atomic E-state index is 0.914. The van der Waals surface area contributed by atoms with Gasteiger partial charge in [-0.2, -0.15) is 0 Å². The van der Waals surface area contributed by atoms with Crippen LogP contribution in [0, 0.1) is 5.92 Å². The van der Waals surface area contributed by atoms with E-state index in [9.17, 15) is 0 Å². The number of nitrogens with one attached hydrogen (secondary N) is 1. The number of hydrogen-bond donors (Lipinski definition) is 1. The fraction of sp³-hybridized carbons (Fsp3) is 0.765. The minimum atomic E-state index is 0.914. The Morgan fingerprint density at radius 3 is 2.85 bits per heavy atom. The van der Waals surface area contributed by atoms with Crippen molar-refractivity contribution in [3.8, 4) is 0 Å². The van der Waals surface area contributed by atoms with Crippen molar-refractivity contribution in [2.24, 2.45) is 5.92 Å². The normalized spacial score (nSPS) is 24.7. The highest BCUT2D eigenvalue weighted by molar-refractivity contribution is 7.09. The van der Waals surface area contributed by atoms with Crippen LogP contribution in [0.1, 0.15) is 43.4 Å². The highest BCUT2D eigenvalue weighted by Crippen LogP contribution is 2.35. The Bertz CT molecular complexity index is 370. The van der Waals surface area contributed by atoms with Crippen LogP contribution in [0.5, 0.6) is 0 Å². The molecule has 1 aromatic rings. The molecule has 2 aliphatic rings. The van der Waals surface area contributed by atoms with Crippen LogP contribution in [0.3, 0.4) is 0 Å². The third-order valence-electron chi connectivity index (χ3n) is 5.06. The van der Waals surface area contributed by atoms with Gasteiger partial charge < -0.3 is 5.32 Å². The number of thiophene rings is 1. The highest BCUT2D eigenvalue weighted by Gasteiger charge is 2.32. The van der Waals surface area contributed by atoms with E-state index in [1.807, 2.05) is 11.3 Å². The van der Waals surface area contributed by atoms with Gasteiger partial charge in [-0.25, -0.2) is 0 Å². The summed E-state index contributed by atoms with van der Waals surface area (Å²) in [5.74, 6) is 1.02. The maximum absolute atomic E-state index is 3.63. The van der Waals surface area contributed by atoms with Crippen LogP contribution in [-0.2, 0) is 6.42 Å². The number of rotatable bonds is 7. The summed E-state index contributed by atoms with van der Waals surface area (Å²) in [7, 11) is 0. The van der Waals surface area contributed by atoms with Crippen LogP contribution in [0.2, 0.25) is 0 Å². The molecule has 0 bridgehead atoms. The van der Waals surface area contributed by atoms with E-state index in [0.717, 1.165) is 25.0 Å². The topological polar surface area (TPSA) is 15.3 Å². The van der Waals surface area contributed by atoms with Gasteiger partial charge in [0.25, 0.3) is 0 Å². The second kappa shape index (κ2) is 7.58. The summed E-state index contributed by atoms with van der Waals surface area (Å²) in [6.07, 6.45) is 10.0. The minimum Gasteiger partial charge on any atom is -0.315 e. The first-order valence-corrected chi connectivity index (χ1v) is 9.28. The predicted molar refractivity (Wildman–Crippen MR) is 87.4 cm³/mol. The van der Waals surface area contributed by atoms with Gasteiger partial charge in [0.1, 0.15) is 0 Å². The Labute approximate surface area is 127 Å². The van der Waals surface area contributed by atoms with E-state index in [1.54, 1.807) is 0 Å². The van der Waals surface area contributed by atoms with Gasteiger partial charge in [0, 0.05) is 30.6 Å². The molecule has 1 unspecified atom stereocenters. The van der Waals surface area contributed by atoms with Gasteiger partial charge in [-0.05, 0) is 56.0 Å².